The van der Waals surface area contributed by atoms with Gasteiger partial charge < -0.3 is 5.32 Å². The first-order chi connectivity index (χ1) is 13.1. The van der Waals surface area contributed by atoms with Gasteiger partial charge in [0.1, 0.15) is 5.82 Å². The van der Waals surface area contributed by atoms with Crippen molar-refractivity contribution in [3.8, 4) is 0 Å². The normalized spacial score (nSPS) is 13.5. The number of aryl methyl sites for hydroxylation is 2. The first kappa shape index (κ1) is 18.6. The highest BCUT2D eigenvalue weighted by Gasteiger charge is 2.16. The van der Waals surface area contributed by atoms with Crippen molar-refractivity contribution in [1.29, 1.82) is 0 Å². The maximum Gasteiger partial charge on any atom is 0.345 e. The van der Waals surface area contributed by atoms with Gasteiger partial charge in [-0.2, -0.15) is 5.10 Å². The van der Waals surface area contributed by atoms with Crippen LogP contribution in [0.4, 0.5) is 5.69 Å². The second kappa shape index (κ2) is 8.43. The van der Waals surface area contributed by atoms with Crippen LogP contribution in [0, 0.1) is 10.1 Å². The van der Waals surface area contributed by atoms with Crippen molar-refractivity contribution in [2.45, 2.75) is 38.8 Å². The minimum Gasteiger partial charge on any atom is -0.352 e. The number of fused-ring (bicyclic) bond motifs is 1. The summed E-state index contributed by atoms with van der Waals surface area (Å²) in [7, 11) is 0. The van der Waals surface area contributed by atoms with E-state index in [0.717, 1.165) is 31.6 Å². The van der Waals surface area contributed by atoms with Gasteiger partial charge in [0.05, 0.1) is 10.5 Å². The van der Waals surface area contributed by atoms with Crippen molar-refractivity contribution in [2.24, 2.45) is 0 Å². The zero-order valence-corrected chi connectivity index (χ0v) is 14.8. The minimum absolute atomic E-state index is 0.0512. The molecule has 9 heteroatoms. The van der Waals surface area contributed by atoms with Crippen molar-refractivity contribution < 1.29 is 9.72 Å². The number of para-hydroxylation sites is 1. The fraction of sp³-hybridized carbons (Fsp3) is 0.389. The molecule has 1 aromatic carbocycles. The molecule has 0 saturated heterocycles. The first-order valence-corrected chi connectivity index (χ1v) is 8.92. The zero-order valence-electron chi connectivity index (χ0n) is 14.8. The summed E-state index contributed by atoms with van der Waals surface area (Å²) in [6.07, 6.45) is 6.14. The van der Waals surface area contributed by atoms with Gasteiger partial charge in [-0.25, -0.2) is 9.48 Å². The third-order valence-corrected chi connectivity index (χ3v) is 4.43. The number of rotatable bonds is 7. The third-order valence-electron chi connectivity index (χ3n) is 4.43. The van der Waals surface area contributed by atoms with E-state index >= 15 is 0 Å². The molecule has 1 amide bonds. The highest BCUT2D eigenvalue weighted by Crippen LogP contribution is 2.18. The molecule has 3 rings (SSSR count). The van der Waals surface area contributed by atoms with E-state index in [9.17, 15) is 19.7 Å². The SMILES string of the molecule is O=C(/C=C/c1ccccc1[N+](=O)[O-])NCCCn1nc2n(c1=O)CCCC2. The van der Waals surface area contributed by atoms with Gasteiger partial charge in [0.2, 0.25) is 5.91 Å². The van der Waals surface area contributed by atoms with E-state index in [1.165, 1.54) is 22.9 Å². The Kier molecular flexibility index (Phi) is 5.80. The molecule has 0 saturated carbocycles. The Balaban J connectivity index is 1.49. The summed E-state index contributed by atoms with van der Waals surface area (Å²) >= 11 is 0. The lowest BCUT2D eigenvalue weighted by atomic mass is 10.1. The number of amides is 1. The van der Waals surface area contributed by atoms with Crippen LogP contribution in [0.15, 0.2) is 35.1 Å². The first-order valence-electron chi connectivity index (χ1n) is 8.92. The van der Waals surface area contributed by atoms with Gasteiger partial charge in [0.25, 0.3) is 5.69 Å². The Bertz CT molecular complexity index is 928. The van der Waals surface area contributed by atoms with Crippen LogP contribution in [-0.2, 0) is 24.3 Å². The van der Waals surface area contributed by atoms with Crippen molar-refractivity contribution >= 4 is 17.7 Å². The monoisotopic (exact) mass is 371 g/mol. The van der Waals surface area contributed by atoms with Crippen LogP contribution in [-0.4, -0.2) is 31.7 Å². The number of nitrogens with zero attached hydrogens (tertiary/aromatic N) is 4. The standard InChI is InChI=1S/C18H21N5O4/c24-17(10-9-14-6-1-2-7-15(14)23(26)27)19-11-5-13-22-18(25)21-12-4-3-8-16(21)20-22/h1-2,6-7,9-10H,3-5,8,11-13H2,(H,19,24)/b10-9+. The number of benzene rings is 1. The summed E-state index contributed by atoms with van der Waals surface area (Å²) < 4.78 is 3.17. The Morgan fingerprint density at radius 1 is 1.33 bits per heavy atom. The number of nitrogens with one attached hydrogen (secondary N) is 1. The summed E-state index contributed by atoms with van der Waals surface area (Å²) in [4.78, 5) is 34.5. The molecule has 0 fully saturated rings. The van der Waals surface area contributed by atoms with Crippen LogP contribution >= 0.6 is 0 Å². The van der Waals surface area contributed by atoms with Crippen LogP contribution in [0.2, 0.25) is 0 Å². The highest BCUT2D eigenvalue weighted by molar-refractivity contribution is 5.92. The van der Waals surface area contributed by atoms with Crippen LogP contribution in [0.5, 0.6) is 0 Å². The van der Waals surface area contributed by atoms with E-state index < -0.39 is 4.92 Å². The van der Waals surface area contributed by atoms with Gasteiger partial charge in [-0.1, -0.05) is 12.1 Å². The maximum atomic E-state index is 12.2. The molecule has 0 atom stereocenters. The number of hydrogen-bond donors (Lipinski definition) is 1. The predicted octanol–water partition coefficient (Wildman–Crippen LogP) is 1.51. The maximum absolute atomic E-state index is 12.2. The summed E-state index contributed by atoms with van der Waals surface area (Å²) in [5, 5.41) is 18.0. The van der Waals surface area contributed by atoms with Gasteiger partial charge in [0, 0.05) is 38.2 Å². The summed E-state index contributed by atoms with van der Waals surface area (Å²) in [6, 6.07) is 6.21. The van der Waals surface area contributed by atoms with Crippen LogP contribution in [0.3, 0.4) is 0 Å². The number of nitro groups is 1. The number of carbonyl (C=O) groups is 1. The van der Waals surface area contributed by atoms with E-state index in [0.29, 0.717) is 25.1 Å². The number of nitro benzene ring substituents is 1. The van der Waals surface area contributed by atoms with Gasteiger partial charge in [-0.05, 0) is 31.4 Å². The third kappa shape index (κ3) is 4.49. The molecule has 1 aliphatic rings. The molecule has 9 nitrogen and oxygen atoms in total. The topological polar surface area (TPSA) is 112 Å². The van der Waals surface area contributed by atoms with E-state index in [4.69, 9.17) is 0 Å². The van der Waals surface area contributed by atoms with Gasteiger partial charge in [-0.3, -0.25) is 19.5 Å². The summed E-state index contributed by atoms with van der Waals surface area (Å²) in [5.41, 5.74) is 0.227. The molecular weight excluding hydrogens is 350 g/mol. The Labute approximate surface area is 155 Å². The van der Waals surface area contributed by atoms with E-state index in [1.54, 1.807) is 22.8 Å². The minimum atomic E-state index is -0.486. The molecule has 1 N–H and O–H groups in total. The van der Waals surface area contributed by atoms with Gasteiger partial charge in [0.15, 0.2) is 0 Å². The Morgan fingerprint density at radius 3 is 2.93 bits per heavy atom. The Morgan fingerprint density at radius 2 is 2.15 bits per heavy atom. The number of carbonyl (C=O) groups excluding carboxylic acids is 1. The smallest absolute Gasteiger partial charge is 0.345 e. The van der Waals surface area contributed by atoms with Crippen molar-refractivity contribution in [3.63, 3.8) is 0 Å². The zero-order chi connectivity index (χ0) is 19.2. The molecule has 0 spiro atoms. The lowest BCUT2D eigenvalue weighted by Gasteiger charge is -2.09. The summed E-state index contributed by atoms with van der Waals surface area (Å²) in [5.74, 6) is 0.493. The predicted molar refractivity (Wildman–Crippen MR) is 99.2 cm³/mol. The number of aromatic nitrogens is 3. The second-order valence-electron chi connectivity index (χ2n) is 6.32. The van der Waals surface area contributed by atoms with E-state index in [2.05, 4.69) is 10.4 Å². The van der Waals surface area contributed by atoms with E-state index in [1.807, 2.05) is 0 Å². The molecule has 1 aromatic heterocycles. The molecule has 2 heterocycles. The lowest BCUT2D eigenvalue weighted by molar-refractivity contribution is -0.385. The molecule has 142 valence electrons. The van der Waals surface area contributed by atoms with Crippen molar-refractivity contribution in [1.82, 2.24) is 19.7 Å². The molecule has 0 radical (unpaired) electrons. The molecule has 1 aliphatic heterocycles. The average Bonchev–Trinajstić information content (AvgIpc) is 3.00. The molecule has 0 bridgehead atoms. The highest BCUT2D eigenvalue weighted by atomic mass is 16.6. The van der Waals surface area contributed by atoms with Crippen LogP contribution < -0.4 is 11.0 Å². The van der Waals surface area contributed by atoms with Crippen molar-refractivity contribution in [3.05, 3.63) is 62.3 Å². The molecule has 27 heavy (non-hydrogen) atoms. The fourth-order valence-electron chi connectivity index (χ4n) is 3.05. The quantitative estimate of drug-likeness (QED) is 0.343. The van der Waals surface area contributed by atoms with E-state index in [-0.39, 0.29) is 17.3 Å². The average molecular weight is 371 g/mol. The molecule has 2 aromatic rings. The van der Waals surface area contributed by atoms with Gasteiger partial charge in [-0.15, -0.1) is 0 Å². The Hall–Kier alpha value is -3.23. The van der Waals surface area contributed by atoms with Crippen LogP contribution in [0.1, 0.15) is 30.7 Å². The molecule has 0 unspecified atom stereocenters. The second-order valence-corrected chi connectivity index (χ2v) is 6.32. The largest absolute Gasteiger partial charge is 0.352 e. The number of hydrogen-bond acceptors (Lipinski definition) is 5. The lowest BCUT2D eigenvalue weighted by Crippen LogP contribution is -2.28. The molecular formula is C18H21N5O4. The summed E-state index contributed by atoms with van der Waals surface area (Å²) in [6.45, 7) is 1.54. The van der Waals surface area contributed by atoms with Crippen LogP contribution in [0.25, 0.3) is 6.08 Å². The van der Waals surface area contributed by atoms with Gasteiger partial charge >= 0.3 is 5.69 Å². The fourth-order valence-corrected chi connectivity index (χ4v) is 3.05. The molecule has 0 aliphatic carbocycles. The van der Waals surface area contributed by atoms with Crippen molar-refractivity contribution in [2.75, 3.05) is 6.54 Å².